The van der Waals surface area contributed by atoms with Crippen molar-refractivity contribution in [3.8, 4) is 22.3 Å². The Balaban J connectivity index is 2.23. The molecule has 0 heterocycles. The molecule has 4 rings (SSSR count). The number of benzene rings is 3. The summed E-state index contributed by atoms with van der Waals surface area (Å²) in [6, 6.07) is 17.3. The fourth-order valence-electron chi connectivity index (χ4n) is 2.95. The molecule has 0 fully saturated rings. The van der Waals surface area contributed by atoms with Crippen molar-refractivity contribution >= 4 is 16.5 Å². The van der Waals surface area contributed by atoms with E-state index in [1.807, 2.05) is 36.4 Å². The maximum absolute atomic E-state index is 11.1. The van der Waals surface area contributed by atoms with E-state index in [-0.39, 0.29) is 10.6 Å². The molecule has 3 nitrogen and oxygen atoms in total. The molecule has 0 radical (unpaired) electrons. The van der Waals surface area contributed by atoms with Crippen molar-refractivity contribution in [2.24, 2.45) is 0 Å². The van der Waals surface area contributed by atoms with Gasteiger partial charge in [-0.2, -0.15) is 0 Å². The number of nitro groups is 1. The van der Waals surface area contributed by atoms with E-state index in [1.54, 1.807) is 6.07 Å². The molecule has 0 spiro atoms. The molecule has 19 heavy (non-hydrogen) atoms. The van der Waals surface area contributed by atoms with Gasteiger partial charge < -0.3 is 0 Å². The zero-order chi connectivity index (χ0) is 13.0. The van der Waals surface area contributed by atoms with E-state index >= 15 is 0 Å². The minimum atomic E-state index is -0.314. The van der Waals surface area contributed by atoms with Crippen LogP contribution in [0.1, 0.15) is 0 Å². The van der Waals surface area contributed by atoms with Crippen LogP contribution in [0.3, 0.4) is 0 Å². The van der Waals surface area contributed by atoms with Gasteiger partial charge in [0.05, 0.1) is 10.3 Å². The fourth-order valence-corrected chi connectivity index (χ4v) is 2.95. The summed E-state index contributed by atoms with van der Waals surface area (Å²) in [6.07, 6.45) is 0. The minimum absolute atomic E-state index is 0.174. The number of rotatable bonds is 1. The molecule has 0 N–H and O–H groups in total. The van der Waals surface area contributed by atoms with Crippen molar-refractivity contribution in [2.75, 3.05) is 0 Å². The second-order valence-electron chi connectivity index (χ2n) is 4.66. The SMILES string of the molecule is O=[N+]([O-])c1ccc2c3c(cccc13)-c1ccccc1-2. The van der Waals surface area contributed by atoms with Crippen LogP contribution in [-0.2, 0) is 0 Å². The van der Waals surface area contributed by atoms with Crippen molar-refractivity contribution in [1.29, 1.82) is 0 Å². The van der Waals surface area contributed by atoms with E-state index in [4.69, 9.17) is 0 Å². The van der Waals surface area contributed by atoms with Crippen molar-refractivity contribution < 1.29 is 4.92 Å². The largest absolute Gasteiger partial charge is 0.277 e. The van der Waals surface area contributed by atoms with E-state index < -0.39 is 0 Å². The third-order valence-corrected chi connectivity index (χ3v) is 3.72. The van der Waals surface area contributed by atoms with Gasteiger partial charge in [0, 0.05) is 11.5 Å². The maximum Gasteiger partial charge on any atom is 0.277 e. The molecule has 0 bridgehead atoms. The standard InChI is InChI=1S/C16H9NO2/c18-17(19)15-9-8-13-11-5-2-1-4-10(11)12-6-3-7-14(15)16(12)13/h1-9H. The fraction of sp³-hybridized carbons (Fsp3) is 0. The molecule has 0 aliphatic heterocycles. The molecular formula is C16H9NO2. The molecule has 0 atom stereocenters. The van der Waals surface area contributed by atoms with E-state index in [0.29, 0.717) is 0 Å². The van der Waals surface area contributed by atoms with Gasteiger partial charge in [0.1, 0.15) is 0 Å². The van der Waals surface area contributed by atoms with Crippen LogP contribution in [0.25, 0.3) is 33.0 Å². The number of non-ortho nitro benzene ring substituents is 1. The van der Waals surface area contributed by atoms with Crippen LogP contribution in [0.2, 0.25) is 0 Å². The third-order valence-electron chi connectivity index (χ3n) is 3.72. The Kier molecular flexibility index (Phi) is 1.85. The molecule has 3 aromatic carbocycles. The first-order valence-electron chi connectivity index (χ1n) is 6.07. The Morgan fingerprint density at radius 1 is 0.737 bits per heavy atom. The highest BCUT2D eigenvalue weighted by atomic mass is 16.6. The number of fused-ring (bicyclic) bond motifs is 3. The van der Waals surface area contributed by atoms with Gasteiger partial charge in [-0.3, -0.25) is 10.1 Å². The summed E-state index contributed by atoms with van der Waals surface area (Å²) in [5.41, 5.74) is 4.67. The molecule has 0 unspecified atom stereocenters. The second kappa shape index (κ2) is 3.42. The highest BCUT2D eigenvalue weighted by molar-refractivity contribution is 6.17. The first-order valence-corrected chi connectivity index (χ1v) is 6.07. The van der Waals surface area contributed by atoms with Crippen LogP contribution in [-0.4, -0.2) is 4.92 Å². The third kappa shape index (κ3) is 1.21. The molecule has 90 valence electrons. The summed E-state index contributed by atoms with van der Waals surface area (Å²) in [4.78, 5) is 10.8. The molecule has 1 aliphatic carbocycles. The molecule has 0 saturated carbocycles. The van der Waals surface area contributed by atoms with Crippen LogP contribution in [0, 0.1) is 10.1 Å². The lowest BCUT2D eigenvalue weighted by Crippen LogP contribution is -1.89. The summed E-state index contributed by atoms with van der Waals surface area (Å²) in [6.45, 7) is 0. The summed E-state index contributed by atoms with van der Waals surface area (Å²) < 4.78 is 0. The highest BCUT2D eigenvalue weighted by Gasteiger charge is 2.24. The average Bonchev–Trinajstić information content (AvgIpc) is 2.76. The Morgan fingerprint density at radius 3 is 2.05 bits per heavy atom. The summed E-state index contributed by atoms with van der Waals surface area (Å²) in [5.74, 6) is 0. The Morgan fingerprint density at radius 2 is 1.37 bits per heavy atom. The zero-order valence-electron chi connectivity index (χ0n) is 9.96. The number of nitrogens with zero attached hydrogens (tertiary/aromatic N) is 1. The Labute approximate surface area is 109 Å². The van der Waals surface area contributed by atoms with Crippen LogP contribution in [0.4, 0.5) is 5.69 Å². The topological polar surface area (TPSA) is 43.1 Å². The van der Waals surface area contributed by atoms with Gasteiger partial charge in [0.15, 0.2) is 0 Å². The first kappa shape index (κ1) is 10.3. The molecule has 3 aromatic rings. The van der Waals surface area contributed by atoms with Gasteiger partial charge in [0.25, 0.3) is 5.69 Å². The quantitative estimate of drug-likeness (QED) is 0.369. The van der Waals surface area contributed by atoms with E-state index in [0.717, 1.165) is 33.0 Å². The van der Waals surface area contributed by atoms with E-state index in [2.05, 4.69) is 12.1 Å². The predicted molar refractivity (Wildman–Crippen MR) is 75.0 cm³/mol. The van der Waals surface area contributed by atoms with E-state index in [9.17, 15) is 10.1 Å². The Bertz CT molecular complexity index is 823. The molecule has 0 saturated heterocycles. The molecule has 0 amide bonds. The summed E-state index contributed by atoms with van der Waals surface area (Å²) in [7, 11) is 0. The lowest BCUT2D eigenvalue weighted by molar-refractivity contribution is -0.383. The van der Waals surface area contributed by atoms with Gasteiger partial charge in [0.2, 0.25) is 0 Å². The van der Waals surface area contributed by atoms with Gasteiger partial charge in [-0.05, 0) is 34.4 Å². The first-order chi connectivity index (χ1) is 9.27. The molecule has 1 aliphatic rings. The maximum atomic E-state index is 11.1. The lowest BCUT2D eigenvalue weighted by atomic mass is 10.0. The van der Waals surface area contributed by atoms with Crippen molar-refractivity contribution in [3.05, 3.63) is 64.7 Å². The minimum Gasteiger partial charge on any atom is -0.258 e. The van der Waals surface area contributed by atoms with Crippen molar-refractivity contribution in [1.82, 2.24) is 0 Å². The van der Waals surface area contributed by atoms with Gasteiger partial charge in [-0.25, -0.2) is 0 Å². The highest BCUT2D eigenvalue weighted by Crippen LogP contribution is 2.48. The number of hydrogen-bond acceptors (Lipinski definition) is 2. The monoisotopic (exact) mass is 247 g/mol. The van der Waals surface area contributed by atoms with Crippen LogP contribution in [0.5, 0.6) is 0 Å². The molecule has 3 heteroatoms. The normalized spacial score (nSPS) is 11.6. The molecule has 0 aromatic heterocycles. The van der Waals surface area contributed by atoms with Crippen LogP contribution in [0.15, 0.2) is 54.6 Å². The van der Waals surface area contributed by atoms with Crippen LogP contribution >= 0.6 is 0 Å². The molecular weight excluding hydrogens is 238 g/mol. The number of nitro benzene ring substituents is 1. The second-order valence-corrected chi connectivity index (χ2v) is 4.66. The van der Waals surface area contributed by atoms with Crippen molar-refractivity contribution in [2.45, 2.75) is 0 Å². The predicted octanol–water partition coefficient (Wildman–Crippen LogP) is 4.40. The Hall–Kier alpha value is -2.68. The van der Waals surface area contributed by atoms with Crippen LogP contribution < -0.4 is 0 Å². The lowest BCUT2D eigenvalue weighted by Gasteiger charge is -2.02. The van der Waals surface area contributed by atoms with Gasteiger partial charge in [-0.15, -0.1) is 0 Å². The van der Waals surface area contributed by atoms with E-state index in [1.165, 1.54) is 0 Å². The van der Waals surface area contributed by atoms with Gasteiger partial charge in [-0.1, -0.05) is 36.4 Å². The summed E-state index contributed by atoms with van der Waals surface area (Å²) >= 11 is 0. The number of hydrogen-bond donors (Lipinski definition) is 0. The summed E-state index contributed by atoms with van der Waals surface area (Å²) in [5, 5.41) is 12.9. The van der Waals surface area contributed by atoms with Crippen molar-refractivity contribution in [3.63, 3.8) is 0 Å². The average molecular weight is 247 g/mol. The zero-order valence-corrected chi connectivity index (χ0v) is 9.96. The van der Waals surface area contributed by atoms with Gasteiger partial charge >= 0.3 is 0 Å². The smallest absolute Gasteiger partial charge is 0.258 e.